The molecule has 0 aliphatic heterocycles. The van der Waals surface area contributed by atoms with Gasteiger partial charge < -0.3 is 14.6 Å². The molecule has 0 aliphatic rings. The Bertz CT molecular complexity index is 669. The Balaban J connectivity index is 3.39. The Morgan fingerprint density at radius 2 is 1.42 bits per heavy atom. The maximum absolute atomic E-state index is 12.7. The van der Waals surface area contributed by atoms with Gasteiger partial charge in [-0.15, -0.1) is 0 Å². The van der Waals surface area contributed by atoms with Gasteiger partial charge in [0.05, 0.1) is 5.92 Å². The number of carbonyl (C=O) groups excluding carboxylic acids is 1. The van der Waals surface area contributed by atoms with Crippen LogP contribution in [0.25, 0.3) is 0 Å². The summed E-state index contributed by atoms with van der Waals surface area (Å²) in [5.74, 6) is 5.33. The minimum absolute atomic E-state index is 0.241. The first-order valence-electron chi connectivity index (χ1n) is 8.82. The van der Waals surface area contributed by atoms with Crippen molar-refractivity contribution in [2.24, 2.45) is 5.92 Å². The SMILES string of the molecule is COC(OC)C(C)C#CC(=O)c1cc(C(C)(C)C)c(O)c(C(C)(C)C)c1. The summed E-state index contributed by atoms with van der Waals surface area (Å²) in [7, 11) is 3.08. The molecule has 4 nitrogen and oxygen atoms in total. The van der Waals surface area contributed by atoms with E-state index < -0.39 is 6.29 Å². The quantitative estimate of drug-likeness (QED) is 0.373. The van der Waals surface area contributed by atoms with Gasteiger partial charge in [0.2, 0.25) is 5.78 Å². The highest BCUT2D eigenvalue weighted by Crippen LogP contribution is 2.39. The molecule has 0 saturated carbocycles. The monoisotopic (exact) mass is 360 g/mol. The molecule has 0 radical (unpaired) electrons. The first-order chi connectivity index (χ1) is 11.8. The molecule has 0 heterocycles. The van der Waals surface area contributed by atoms with Crippen LogP contribution in [0, 0.1) is 17.8 Å². The van der Waals surface area contributed by atoms with Crippen LogP contribution < -0.4 is 0 Å². The van der Waals surface area contributed by atoms with Gasteiger partial charge in [-0.1, -0.05) is 47.5 Å². The average molecular weight is 360 g/mol. The van der Waals surface area contributed by atoms with Crippen LogP contribution in [0.2, 0.25) is 0 Å². The van der Waals surface area contributed by atoms with Gasteiger partial charge in [-0.2, -0.15) is 0 Å². The number of carbonyl (C=O) groups is 1. The van der Waals surface area contributed by atoms with Crippen LogP contribution in [-0.4, -0.2) is 31.4 Å². The summed E-state index contributed by atoms with van der Waals surface area (Å²) >= 11 is 0. The zero-order valence-electron chi connectivity index (χ0n) is 17.5. The number of rotatable bonds is 4. The van der Waals surface area contributed by atoms with E-state index in [1.54, 1.807) is 26.4 Å². The molecule has 0 aromatic heterocycles. The van der Waals surface area contributed by atoms with Gasteiger partial charge in [0, 0.05) is 30.9 Å². The van der Waals surface area contributed by atoms with E-state index in [0.29, 0.717) is 5.56 Å². The zero-order valence-corrected chi connectivity index (χ0v) is 17.5. The Morgan fingerprint density at radius 1 is 1.00 bits per heavy atom. The molecule has 1 atom stereocenters. The summed E-state index contributed by atoms with van der Waals surface area (Å²) in [6.07, 6.45) is -0.481. The van der Waals surface area contributed by atoms with E-state index in [1.165, 1.54) is 0 Å². The summed E-state index contributed by atoms with van der Waals surface area (Å²) in [5, 5.41) is 10.7. The molecule has 1 aromatic rings. The van der Waals surface area contributed by atoms with Crippen molar-refractivity contribution in [2.45, 2.75) is 65.6 Å². The summed E-state index contributed by atoms with van der Waals surface area (Å²) in [4.78, 5) is 12.7. The predicted molar refractivity (Wildman–Crippen MR) is 105 cm³/mol. The third-order valence-corrected chi connectivity index (χ3v) is 4.27. The van der Waals surface area contributed by atoms with E-state index >= 15 is 0 Å². The van der Waals surface area contributed by atoms with Crippen molar-refractivity contribution in [1.29, 1.82) is 0 Å². The molecule has 26 heavy (non-hydrogen) atoms. The van der Waals surface area contributed by atoms with Crippen molar-refractivity contribution in [3.63, 3.8) is 0 Å². The Morgan fingerprint density at radius 3 is 1.77 bits per heavy atom. The summed E-state index contributed by atoms with van der Waals surface area (Å²) in [6, 6.07) is 3.49. The first kappa shape index (κ1) is 22.2. The number of methoxy groups -OCH3 is 2. The fraction of sp³-hybridized carbons (Fsp3) is 0.591. The van der Waals surface area contributed by atoms with Crippen LogP contribution in [-0.2, 0) is 20.3 Å². The maximum atomic E-state index is 12.7. The van der Waals surface area contributed by atoms with E-state index in [4.69, 9.17) is 9.47 Å². The number of Topliss-reactive ketones (excluding diaryl/α,β-unsaturated/α-hetero) is 1. The number of benzene rings is 1. The molecule has 1 rings (SSSR count). The van der Waals surface area contributed by atoms with Crippen LogP contribution in [0.15, 0.2) is 12.1 Å². The first-order valence-corrected chi connectivity index (χ1v) is 8.82. The van der Waals surface area contributed by atoms with Crippen LogP contribution in [0.5, 0.6) is 5.75 Å². The number of ketones is 1. The molecule has 0 spiro atoms. The average Bonchev–Trinajstić information content (AvgIpc) is 2.51. The van der Waals surface area contributed by atoms with Crippen LogP contribution >= 0.6 is 0 Å². The molecule has 1 N–H and O–H groups in total. The maximum Gasteiger partial charge on any atom is 0.235 e. The molecule has 0 fully saturated rings. The third kappa shape index (κ3) is 5.33. The molecule has 144 valence electrons. The van der Waals surface area contributed by atoms with Crippen LogP contribution in [0.3, 0.4) is 0 Å². The van der Waals surface area contributed by atoms with Gasteiger partial charge >= 0.3 is 0 Å². The molecule has 1 unspecified atom stereocenters. The van der Waals surface area contributed by atoms with Gasteiger partial charge in [0.15, 0.2) is 6.29 Å². The van der Waals surface area contributed by atoms with Gasteiger partial charge in [-0.25, -0.2) is 0 Å². The lowest BCUT2D eigenvalue weighted by molar-refractivity contribution is -0.120. The topological polar surface area (TPSA) is 55.8 Å². The standard InChI is InChI=1S/C22H32O4/c1-14(20(25-8)26-9)10-11-18(23)15-12-16(21(2,3)4)19(24)17(13-15)22(5,6)7/h12-14,20,24H,1-9H3. The Kier molecular flexibility index (Phi) is 7.04. The number of phenolic OH excluding ortho intramolecular Hbond substituents is 1. The van der Waals surface area contributed by atoms with Crippen molar-refractivity contribution in [1.82, 2.24) is 0 Å². The van der Waals surface area contributed by atoms with Crippen molar-refractivity contribution in [2.75, 3.05) is 14.2 Å². The van der Waals surface area contributed by atoms with Crippen LogP contribution in [0.1, 0.15) is 70.0 Å². The van der Waals surface area contributed by atoms with Crippen molar-refractivity contribution >= 4 is 5.78 Å². The Hall–Kier alpha value is -1.83. The second-order valence-corrected chi connectivity index (χ2v) is 8.65. The van der Waals surface area contributed by atoms with E-state index in [2.05, 4.69) is 11.8 Å². The normalized spacial score (nSPS) is 13.3. The summed E-state index contributed by atoms with van der Waals surface area (Å²) < 4.78 is 10.3. The van der Waals surface area contributed by atoms with Crippen molar-refractivity contribution in [3.8, 4) is 17.6 Å². The molecular weight excluding hydrogens is 328 g/mol. The molecule has 0 amide bonds. The van der Waals surface area contributed by atoms with Gasteiger partial charge in [0.1, 0.15) is 5.75 Å². The highest BCUT2D eigenvalue weighted by Gasteiger charge is 2.27. The van der Waals surface area contributed by atoms with Gasteiger partial charge in [-0.05, 0) is 35.8 Å². The van der Waals surface area contributed by atoms with E-state index in [9.17, 15) is 9.90 Å². The van der Waals surface area contributed by atoms with Gasteiger partial charge in [0.25, 0.3) is 0 Å². The zero-order chi connectivity index (χ0) is 20.3. The molecule has 0 aliphatic carbocycles. The number of hydrogen-bond donors (Lipinski definition) is 1. The fourth-order valence-electron chi connectivity index (χ4n) is 2.73. The lowest BCUT2D eigenvalue weighted by atomic mass is 9.78. The van der Waals surface area contributed by atoms with E-state index in [-0.39, 0.29) is 28.3 Å². The second kappa shape index (κ2) is 8.24. The molecule has 0 saturated heterocycles. The fourth-order valence-corrected chi connectivity index (χ4v) is 2.73. The van der Waals surface area contributed by atoms with Gasteiger partial charge in [-0.3, -0.25) is 4.79 Å². The lowest BCUT2D eigenvalue weighted by Crippen LogP contribution is -2.21. The second-order valence-electron chi connectivity index (χ2n) is 8.65. The van der Waals surface area contributed by atoms with E-state index in [0.717, 1.165) is 11.1 Å². The summed E-state index contributed by atoms with van der Waals surface area (Å²) in [6.45, 7) is 13.9. The highest BCUT2D eigenvalue weighted by molar-refractivity contribution is 6.09. The Labute approximate surface area is 157 Å². The number of phenols is 1. The highest BCUT2D eigenvalue weighted by atomic mass is 16.7. The molecule has 1 aromatic carbocycles. The molecular formula is C22H32O4. The predicted octanol–water partition coefficient (Wildman–Crippen LogP) is 4.43. The number of hydrogen-bond acceptors (Lipinski definition) is 4. The number of aromatic hydroxyl groups is 1. The smallest absolute Gasteiger partial charge is 0.235 e. The number of ether oxygens (including phenoxy) is 2. The lowest BCUT2D eigenvalue weighted by Gasteiger charge is -2.27. The third-order valence-electron chi connectivity index (χ3n) is 4.27. The van der Waals surface area contributed by atoms with E-state index in [1.807, 2.05) is 48.5 Å². The molecule has 4 heteroatoms. The minimum Gasteiger partial charge on any atom is -0.507 e. The van der Waals surface area contributed by atoms with Crippen molar-refractivity contribution in [3.05, 3.63) is 28.8 Å². The van der Waals surface area contributed by atoms with Crippen molar-refractivity contribution < 1.29 is 19.4 Å². The molecule has 0 bridgehead atoms. The minimum atomic E-state index is -0.481. The van der Waals surface area contributed by atoms with Crippen LogP contribution in [0.4, 0.5) is 0 Å². The summed E-state index contributed by atoms with van der Waals surface area (Å²) in [5.41, 5.74) is 1.39. The largest absolute Gasteiger partial charge is 0.507 e.